The Morgan fingerprint density at radius 1 is 1.08 bits per heavy atom. The second-order valence-corrected chi connectivity index (χ2v) is 5.47. The molecule has 8 nitrogen and oxygen atoms in total. The number of nitro groups is 1. The Bertz CT molecular complexity index is 877. The normalized spacial score (nSPS) is 11.0. The van der Waals surface area contributed by atoms with Gasteiger partial charge in [-0.05, 0) is 38.1 Å². The first kappa shape index (κ1) is 18.9. The Hall–Kier alpha value is -3.42. The number of hydrogen-bond acceptors (Lipinski definition) is 6. The number of carbonyl (C=O) groups excluding carboxylic acids is 1. The fourth-order valence-electron chi connectivity index (χ4n) is 2.27. The minimum atomic E-state index is -0.534. The molecule has 2 rings (SSSR count). The second kappa shape index (κ2) is 8.11. The molecule has 2 aromatic rings. The van der Waals surface area contributed by atoms with E-state index in [0.717, 1.165) is 5.56 Å². The van der Waals surface area contributed by atoms with Crippen molar-refractivity contribution in [3.8, 4) is 11.5 Å². The molecular formula is C18H19N3O5. The van der Waals surface area contributed by atoms with E-state index in [1.807, 2.05) is 0 Å². The van der Waals surface area contributed by atoms with Crippen LogP contribution in [-0.2, 0) is 0 Å². The SMILES string of the molecule is COc1ccc(/C(C)=N/NC(=O)c2ccc(C)c([N+](=O)[O-])c2)cc1OC. The van der Waals surface area contributed by atoms with Crippen molar-refractivity contribution in [2.45, 2.75) is 13.8 Å². The summed E-state index contributed by atoms with van der Waals surface area (Å²) in [5, 5.41) is 15.0. The summed E-state index contributed by atoms with van der Waals surface area (Å²) in [4.78, 5) is 22.7. The molecule has 0 saturated heterocycles. The van der Waals surface area contributed by atoms with Crippen molar-refractivity contribution in [2.24, 2.45) is 5.10 Å². The standard InChI is InChI=1S/C18H19N3O5/c1-11-5-6-14(9-15(11)21(23)24)18(22)20-19-12(2)13-7-8-16(25-3)17(10-13)26-4/h5-10H,1-4H3,(H,20,22)/b19-12+. The molecule has 2 aromatic carbocycles. The van der Waals surface area contributed by atoms with Crippen LogP contribution >= 0.6 is 0 Å². The number of nitrogens with zero attached hydrogens (tertiary/aromatic N) is 2. The maximum Gasteiger partial charge on any atom is 0.273 e. The summed E-state index contributed by atoms with van der Waals surface area (Å²) in [6.45, 7) is 3.33. The van der Waals surface area contributed by atoms with Gasteiger partial charge in [0, 0.05) is 22.8 Å². The first-order valence-corrected chi connectivity index (χ1v) is 7.69. The number of hydrogen-bond donors (Lipinski definition) is 1. The monoisotopic (exact) mass is 357 g/mol. The van der Waals surface area contributed by atoms with Gasteiger partial charge < -0.3 is 9.47 Å². The van der Waals surface area contributed by atoms with Crippen molar-refractivity contribution >= 4 is 17.3 Å². The Labute approximate surface area is 150 Å². The predicted molar refractivity (Wildman–Crippen MR) is 97.1 cm³/mol. The lowest BCUT2D eigenvalue weighted by Crippen LogP contribution is -2.19. The molecule has 0 bridgehead atoms. The van der Waals surface area contributed by atoms with E-state index in [4.69, 9.17) is 9.47 Å². The van der Waals surface area contributed by atoms with Gasteiger partial charge in [-0.1, -0.05) is 6.07 Å². The van der Waals surface area contributed by atoms with Crippen molar-refractivity contribution in [1.82, 2.24) is 5.43 Å². The zero-order chi connectivity index (χ0) is 19.3. The Morgan fingerprint density at radius 2 is 1.73 bits per heavy atom. The highest BCUT2D eigenvalue weighted by Gasteiger charge is 2.15. The first-order valence-electron chi connectivity index (χ1n) is 7.69. The molecular weight excluding hydrogens is 338 g/mol. The molecule has 0 saturated carbocycles. The van der Waals surface area contributed by atoms with Crippen molar-refractivity contribution < 1.29 is 19.2 Å². The largest absolute Gasteiger partial charge is 0.493 e. The number of amides is 1. The molecule has 0 aliphatic heterocycles. The number of ether oxygens (including phenoxy) is 2. The zero-order valence-corrected chi connectivity index (χ0v) is 14.9. The molecule has 0 heterocycles. The van der Waals surface area contributed by atoms with E-state index in [-0.39, 0.29) is 11.3 Å². The molecule has 0 fully saturated rings. The molecule has 0 unspecified atom stereocenters. The number of nitrogens with one attached hydrogen (secondary N) is 1. The number of hydrazone groups is 1. The molecule has 1 N–H and O–H groups in total. The molecule has 0 atom stereocenters. The van der Waals surface area contributed by atoms with Gasteiger partial charge in [-0.3, -0.25) is 14.9 Å². The van der Waals surface area contributed by atoms with E-state index >= 15 is 0 Å². The van der Waals surface area contributed by atoms with Gasteiger partial charge in [0.1, 0.15) is 0 Å². The molecule has 0 radical (unpaired) electrons. The minimum absolute atomic E-state index is 0.113. The second-order valence-electron chi connectivity index (χ2n) is 5.47. The summed E-state index contributed by atoms with van der Waals surface area (Å²) in [5.74, 6) is 0.591. The quantitative estimate of drug-likeness (QED) is 0.486. The summed E-state index contributed by atoms with van der Waals surface area (Å²) in [6, 6.07) is 9.52. The van der Waals surface area contributed by atoms with Crippen molar-refractivity contribution in [1.29, 1.82) is 0 Å². The first-order chi connectivity index (χ1) is 12.4. The van der Waals surface area contributed by atoms with Gasteiger partial charge in [-0.15, -0.1) is 0 Å². The Kier molecular flexibility index (Phi) is 5.90. The topological polar surface area (TPSA) is 103 Å². The fourth-order valence-corrected chi connectivity index (χ4v) is 2.27. The summed E-state index contributed by atoms with van der Waals surface area (Å²) < 4.78 is 10.4. The van der Waals surface area contributed by atoms with Crippen LogP contribution in [0, 0.1) is 17.0 Å². The van der Waals surface area contributed by atoms with E-state index in [0.29, 0.717) is 22.8 Å². The molecule has 0 aliphatic rings. The van der Waals surface area contributed by atoms with E-state index in [2.05, 4.69) is 10.5 Å². The highest BCUT2D eigenvalue weighted by atomic mass is 16.6. The van der Waals surface area contributed by atoms with Crippen LogP contribution in [-0.4, -0.2) is 30.8 Å². The molecule has 0 aliphatic carbocycles. The van der Waals surface area contributed by atoms with Gasteiger partial charge in [0.05, 0.1) is 24.9 Å². The maximum atomic E-state index is 12.2. The number of nitro benzene ring substituents is 1. The summed E-state index contributed by atoms with van der Waals surface area (Å²) in [6.07, 6.45) is 0. The van der Waals surface area contributed by atoms with Crippen LogP contribution < -0.4 is 14.9 Å². The van der Waals surface area contributed by atoms with Gasteiger partial charge in [0.2, 0.25) is 0 Å². The molecule has 26 heavy (non-hydrogen) atoms. The third-order valence-electron chi connectivity index (χ3n) is 3.79. The van der Waals surface area contributed by atoms with E-state index < -0.39 is 10.8 Å². The zero-order valence-electron chi connectivity index (χ0n) is 14.9. The van der Waals surface area contributed by atoms with Crippen molar-refractivity contribution in [2.75, 3.05) is 14.2 Å². The van der Waals surface area contributed by atoms with Crippen LogP contribution in [0.4, 0.5) is 5.69 Å². The van der Waals surface area contributed by atoms with Gasteiger partial charge in [0.25, 0.3) is 11.6 Å². The number of carbonyl (C=O) groups is 1. The highest BCUT2D eigenvalue weighted by molar-refractivity contribution is 6.01. The Balaban J connectivity index is 2.20. The Morgan fingerprint density at radius 3 is 2.35 bits per heavy atom. The summed E-state index contributed by atoms with van der Waals surface area (Å²) in [7, 11) is 3.07. The lowest BCUT2D eigenvalue weighted by atomic mass is 10.1. The molecule has 136 valence electrons. The highest BCUT2D eigenvalue weighted by Crippen LogP contribution is 2.27. The maximum absolute atomic E-state index is 12.2. The average molecular weight is 357 g/mol. The molecule has 0 spiro atoms. The van der Waals surface area contributed by atoms with Gasteiger partial charge >= 0.3 is 0 Å². The lowest BCUT2D eigenvalue weighted by molar-refractivity contribution is -0.385. The van der Waals surface area contributed by atoms with Gasteiger partial charge in [-0.2, -0.15) is 5.10 Å². The van der Waals surface area contributed by atoms with Crippen LogP contribution in [0.1, 0.15) is 28.4 Å². The molecule has 8 heteroatoms. The summed E-state index contributed by atoms with van der Waals surface area (Å²) >= 11 is 0. The third-order valence-corrected chi connectivity index (χ3v) is 3.79. The van der Waals surface area contributed by atoms with Gasteiger partial charge in [-0.25, -0.2) is 5.43 Å². The van der Waals surface area contributed by atoms with E-state index in [1.165, 1.54) is 25.3 Å². The van der Waals surface area contributed by atoms with Crippen LogP contribution in [0.25, 0.3) is 0 Å². The predicted octanol–water partition coefficient (Wildman–Crippen LogP) is 3.07. The van der Waals surface area contributed by atoms with E-state index in [1.54, 1.807) is 39.2 Å². The van der Waals surface area contributed by atoms with Crippen molar-refractivity contribution in [3.05, 3.63) is 63.2 Å². The molecule has 0 aromatic heterocycles. The summed E-state index contributed by atoms with van der Waals surface area (Å²) in [5.41, 5.74) is 4.21. The van der Waals surface area contributed by atoms with Gasteiger partial charge in [0.15, 0.2) is 11.5 Å². The smallest absolute Gasteiger partial charge is 0.273 e. The van der Waals surface area contributed by atoms with Crippen LogP contribution in [0.2, 0.25) is 0 Å². The number of rotatable bonds is 6. The number of aryl methyl sites for hydroxylation is 1. The average Bonchev–Trinajstić information content (AvgIpc) is 2.65. The van der Waals surface area contributed by atoms with Crippen LogP contribution in [0.15, 0.2) is 41.5 Å². The van der Waals surface area contributed by atoms with Crippen LogP contribution in [0.5, 0.6) is 11.5 Å². The van der Waals surface area contributed by atoms with E-state index in [9.17, 15) is 14.9 Å². The number of methoxy groups -OCH3 is 2. The fraction of sp³-hybridized carbons (Fsp3) is 0.222. The third kappa shape index (κ3) is 4.15. The van der Waals surface area contributed by atoms with Crippen LogP contribution in [0.3, 0.4) is 0 Å². The molecule has 1 amide bonds. The lowest BCUT2D eigenvalue weighted by Gasteiger charge is -2.09. The minimum Gasteiger partial charge on any atom is -0.493 e. The van der Waals surface area contributed by atoms with Crippen molar-refractivity contribution in [3.63, 3.8) is 0 Å². The number of benzene rings is 2.